The smallest absolute Gasteiger partial charge is 0.146 e. The number of hydrogen-bond donors (Lipinski definition) is 2. The van der Waals surface area contributed by atoms with Gasteiger partial charge in [0.05, 0.1) is 5.69 Å². The van der Waals surface area contributed by atoms with Gasteiger partial charge < -0.3 is 11.1 Å². The minimum Gasteiger partial charge on any atom is -0.379 e. The fraction of sp³-hybridized carbons (Fsp3) is 0.455. The summed E-state index contributed by atoms with van der Waals surface area (Å²) in [6, 6.07) is 6.83. The highest BCUT2D eigenvalue weighted by molar-refractivity contribution is 5.45. The summed E-state index contributed by atoms with van der Waals surface area (Å²) in [6.07, 6.45) is 2.01. The number of nitrogens with two attached hydrogens (primary N) is 1. The van der Waals surface area contributed by atoms with Gasteiger partial charge in [-0.1, -0.05) is 25.5 Å². The van der Waals surface area contributed by atoms with Gasteiger partial charge in [-0.3, -0.25) is 0 Å². The molecule has 0 radical (unpaired) electrons. The maximum absolute atomic E-state index is 13.2. The summed E-state index contributed by atoms with van der Waals surface area (Å²) in [6.45, 7) is 2.62. The van der Waals surface area contributed by atoms with E-state index in [0.29, 0.717) is 12.2 Å². The molecule has 0 spiro atoms. The van der Waals surface area contributed by atoms with Crippen LogP contribution in [-0.2, 0) is 0 Å². The van der Waals surface area contributed by atoms with Crippen LogP contribution in [0.2, 0.25) is 0 Å². The van der Waals surface area contributed by atoms with Crippen molar-refractivity contribution in [2.24, 2.45) is 5.73 Å². The van der Waals surface area contributed by atoms with Crippen LogP contribution in [-0.4, -0.2) is 12.6 Å². The van der Waals surface area contributed by atoms with Crippen LogP contribution in [0.3, 0.4) is 0 Å². The third-order valence-corrected chi connectivity index (χ3v) is 2.16. The highest BCUT2D eigenvalue weighted by Gasteiger charge is 2.07. The summed E-state index contributed by atoms with van der Waals surface area (Å²) in [5.41, 5.74) is 6.11. The number of nitrogens with one attached hydrogen (secondary N) is 1. The van der Waals surface area contributed by atoms with E-state index < -0.39 is 0 Å². The van der Waals surface area contributed by atoms with E-state index >= 15 is 0 Å². The second-order valence-corrected chi connectivity index (χ2v) is 3.35. The van der Waals surface area contributed by atoms with Crippen LogP contribution in [0.1, 0.15) is 19.8 Å². The quantitative estimate of drug-likeness (QED) is 0.758. The van der Waals surface area contributed by atoms with E-state index in [0.717, 1.165) is 12.8 Å². The number of halogens is 1. The Hall–Kier alpha value is -1.09. The first-order valence-electron chi connectivity index (χ1n) is 4.99. The van der Waals surface area contributed by atoms with Crippen LogP contribution < -0.4 is 11.1 Å². The van der Waals surface area contributed by atoms with E-state index in [2.05, 4.69) is 12.2 Å². The van der Waals surface area contributed by atoms with Gasteiger partial charge >= 0.3 is 0 Å². The van der Waals surface area contributed by atoms with Crippen molar-refractivity contribution >= 4 is 5.69 Å². The molecule has 0 bridgehead atoms. The molecular formula is C11H17FN2. The lowest BCUT2D eigenvalue weighted by atomic mass is 10.1. The largest absolute Gasteiger partial charge is 0.379 e. The van der Waals surface area contributed by atoms with Crippen molar-refractivity contribution in [1.29, 1.82) is 0 Å². The molecule has 0 amide bonds. The van der Waals surface area contributed by atoms with Gasteiger partial charge in [-0.2, -0.15) is 0 Å². The molecule has 0 heterocycles. The molecule has 3 N–H and O–H groups in total. The molecule has 0 aliphatic heterocycles. The molecule has 1 aromatic rings. The Kier molecular flexibility index (Phi) is 4.40. The van der Waals surface area contributed by atoms with Crippen LogP contribution in [0.15, 0.2) is 24.3 Å². The fourth-order valence-electron chi connectivity index (χ4n) is 1.40. The number of anilines is 1. The zero-order valence-corrected chi connectivity index (χ0v) is 8.46. The molecule has 0 saturated heterocycles. The minimum atomic E-state index is -0.220. The van der Waals surface area contributed by atoms with Crippen molar-refractivity contribution in [3.05, 3.63) is 30.1 Å². The highest BCUT2D eigenvalue weighted by Crippen LogP contribution is 2.14. The Morgan fingerprint density at radius 2 is 2.14 bits per heavy atom. The predicted molar refractivity (Wildman–Crippen MR) is 57.8 cm³/mol. The van der Waals surface area contributed by atoms with Gasteiger partial charge in [0.1, 0.15) is 5.82 Å². The molecule has 0 aliphatic carbocycles. The first kappa shape index (κ1) is 11.0. The van der Waals surface area contributed by atoms with E-state index in [-0.39, 0.29) is 11.9 Å². The third-order valence-electron chi connectivity index (χ3n) is 2.16. The van der Waals surface area contributed by atoms with Crippen molar-refractivity contribution in [2.45, 2.75) is 25.8 Å². The summed E-state index contributed by atoms with van der Waals surface area (Å²) in [5.74, 6) is -0.220. The Morgan fingerprint density at radius 3 is 2.71 bits per heavy atom. The lowest BCUT2D eigenvalue weighted by molar-refractivity contribution is 0.611. The summed E-state index contributed by atoms with van der Waals surface area (Å²) in [5, 5.41) is 3.10. The monoisotopic (exact) mass is 196 g/mol. The maximum atomic E-state index is 13.2. The number of para-hydroxylation sites is 1. The number of rotatable bonds is 5. The van der Waals surface area contributed by atoms with Crippen molar-refractivity contribution in [3.63, 3.8) is 0 Å². The van der Waals surface area contributed by atoms with Crippen LogP contribution >= 0.6 is 0 Å². The maximum Gasteiger partial charge on any atom is 0.146 e. The van der Waals surface area contributed by atoms with Crippen LogP contribution in [0.5, 0.6) is 0 Å². The number of hydrogen-bond acceptors (Lipinski definition) is 2. The van der Waals surface area contributed by atoms with Crippen LogP contribution in [0, 0.1) is 5.82 Å². The van der Waals surface area contributed by atoms with E-state index in [4.69, 9.17) is 5.73 Å². The summed E-state index contributed by atoms with van der Waals surface area (Å²) >= 11 is 0. The standard InChI is InChI=1S/C11H17FN2/c1-2-5-9(8-13)14-11-7-4-3-6-10(11)12/h3-4,6-7,9,14H,2,5,8,13H2,1H3. The van der Waals surface area contributed by atoms with Gasteiger partial charge in [-0.25, -0.2) is 4.39 Å². The van der Waals surface area contributed by atoms with Gasteiger partial charge in [0.2, 0.25) is 0 Å². The van der Waals surface area contributed by atoms with Crippen LogP contribution in [0.4, 0.5) is 10.1 Å². The zero-order valence-electron chi connectivity index (χ0n) is 8.46. The molecule has 1 rings (SSSR count). The molecule has 3 heteroatoms. The van der Waals surface area contributed by atoms with Gasteiger partial charge in [0.15, 0.2) is 0 Å². The molecule has 1 atom stereocenters. The molecule has 0 aromatic heterocycles. The second kappa shape index (κ2) is 5.60. The van der Waals surface area contributed by atoms with Crippen molar-refractivity contribution in [3.8, 4) is 0 Å². The average molecular weight is 196 g/mol. The van der Waals surface area contributed by atoms with E-state index in [1.165, 1.54) is 6.07 Å². The molecule has 2 nitrogen and oxygen atoms in total. The van der Waals surface area contributed by atoms with E-state index in [1.807, 2.05) is 6.07 Å². The summed E-state index contributed by atoms with van der Waals surface area (Å²) in [7, 11) is 0. The van der Waals surface area contributed by atoms with E-state index in [9.17, 15) is 4.39 Å². The SMILES string of the molecule is CCCC(CN)Nc1ccccc1F. The summed E-state index contributed by atoms with van der Waals surface area (Å²) in [4.78, 5) is 0. The van der Waals surface area contributed by atoms with Crippen LogP contribution in [0.25, 0.3) is 0 Å². The Bertz CT molecular complexity index is 276. The molecule has 0 fully saturated rings. The predicted octanol–water partition coefficient (Wildman–Crippen LogP) is 2.37. The fourth-order valence-corrected chi connectivity index (χ4v) is 1.40. The molecule has 0 saturated carbocycles. The van der Waals surface area contributed by atoms with Gasteiger partial charge in [0, 0.05) is 12.6 Å². The molecule has 78 valence electrons. The van der Waals surface area contributed by atoms with Crippen molar-refractivity contribution < 1.29 is 4.39 Å². The van der Waals surface area contributed by atoms with Gasteiger partial charge in [-0.05, 0) is 18.6 Å². The zero-order chi connectivity index (χ0) is 10.4. The van der Waals surface area contributed by atoms with Crippen molar-refractivity contribution in [1.82, 2.24) is 0 Å². The summed E-state index contributed by atoms with van der Waals surface area (Å²) < 4.78 is 13.2. The number of benzene rings is 1. The highest BCUT2D eigenvalue weighted by atomic mass is 19.1. The van der Waals surface area contributed by atoms with E-state index in [1.54, 1.807) is 12.1 Å². The Morgan fingerprint density at radius 1 is 1.43 bits per heavy atom. The topological polar surface area (TPSA) is 38.0 Å². The minimum absolute atomic E-state index is 0.164. The first-order chi connectivity index (χ1) is 6.77. The molecule has 0 aliphatic rings. The molecule has 14 heavy (non-hydrogen) atoms. The molecular weight excluding hydrogens is 179 g/mol. The second-order valence-electron chi connectivity index (χ2n) is 3.35. The first-order valence-corrected chi connectivity index (χ1v) is 4.99. The molecule has 1 unspecified atom stereocenters. The Balaban J connectivity index is 2.62. The molecule has 1 aromatic carbocycles. The normalized spacial score (nSPS) is 12.5. The average Bonchev–Trinajstić information content (AvgIpc) is 2.20. The van der Waals surface area contributed by atoms with Gasteiger partial charge in [0.25, 0.3) is 0 Å². The lowest BCUT2D eigenvalue weighted by Crippen LogP contribution is -2.28. The van der Waals surface area contributed by atoms with Gasteiger partial charge in [-0.15, -0.1) is 0 Å². The lowest BCUT2D eigenvalue weighted by Gasteiger charge is -2.17. The Labute approximate surface area is 84.3 Å². The third kappa shape index (κ3) is 3.00. The van der Waals surface area contributed by atoms with Crippen molar-refractivity contribution in [2.75, 3.05) is 11.9 Å².